The second-order valence-corrected chi connectivity index (χ2v) is 9.66. The molecule has 2 heterocycles. The number of ether oxygens (including phenoxy) is 1. The number of fused-ring (bicyclic) bond motifs is 2. The number of hydrogen-bond donors (Lipinski definition) is 0. The summed E-state index contributed by atoms with van der Waals surface area (Å²) < 4.78 is 6.27. The first kappa shape index (κ1) is 19.3. The van der Waals surface area contributed by atoms with Gasteiger partial charge in [-0.2, -0.15) is 0 Å². The van der Waals surface area contributed by atoms with Gasteiger partial charge in [0.05, 0.1) is 0 Å². The first-order chi connectivity index (χ1) is 16.8. The largest absolute Gasteiger partial charge is 0.456 e. The predicted molar refractivity (Wildman–Crippen MR) is 144 cm³/mol. The molecule has 0 fully saturated rings. The van der Waals surface area contributed by atoms with Gasteiger partial charge in [-0.05, 0) is 69.6 Å². The molecule has 0 unspecified atom stereocenters. The minimum absolute atomic E-state index is 0.920. The predicted octanol–water partition coefficient (Wildman–Crippen LogP) is 9.67. The average Bonchev–Trinajstić information content (AvgIpc) is 3.40. The molecule has 5 aromatic carbocycles. The zero-order chi connectivity index (χ0) is 22.5. The van der Waals surface area contributed by atoms with E-state index in [1.165, 1.54) is 48.3 Å². The minimum atomic E-state index is 0.920. The Bertz CT molecular complexity index is 1650. The van der Waals surface area contributed by atoms with Crippen LogP contribution in [-0.4, -0.2) is 0 Å². The van der Waals surface area contributed by atoms with E-state index in [0.29, 0.717) is 0 Å². The minimum Gasteiger partial charge on any atom is -0.456 e. The summed E-state index contributed by atoms with van der Waals surface area (Å²) in [5.74, 6) is 1.86. The molecule has 0 spiro atoms. The molecule has 0 saturated heterocycles. The van der Waals surface area contributed by atoms with Crippen LogP contribution < -0.4 is 4.74 Å². The van der Waals surface area contributed by atoms with Gasteiger partial charge in [0, 0.05) is 20.7 Å². The molecule has 1 aliphatic rings. The topological polar surface area (TPSA) is 9.23 Å². The SMILES string of the molecule is c1ccc(-c2ccc(-c3ccc(-c4ccc5c(c4)-c4cccc6cccc(c46)O5)s3)cc2)cc1. The van der Waals surface area contributed by atoms with E-state index in [1.54, 1.807) is 0 Å². The summed E-state index contributed by atoms with van der Waals surface area (Å²) in [5.41, 5.74) is 7.35. The lowest BCUT2D eigenvalue weighted by Gasteiger charge is -2.21. The first-order valence-electron chi connectivity index (χ1n) is 11.4. The summed E-state index contributed by atoms with van der Waals surface area (Å²) in [4.78, 5) is 2.53. The molecule has 0 aliphatic carbocycles. The highest BCUT2D eigenvalue weighted by atomic mass is 32.1. The van der Waals surface area contributed by atoms with Crippen molar-refractivity contribution in [2.24, 2.45) is 0 Å². The van der Waals surface area contributed by atoms with Crippen molar-refractivity contribution in [3.63, 3.8) is 0 Å². The Morgan fingerprint density at radius 2 is 1.12 bits per heavy atom. The van der Waals surface area contributed by atoms with Gasteiger partial charge in [-0.1, -0.05) is 84.9 Å². The molecule has 7 rings (SSSR count). The normalized spacial score (nSPS) is 11.8. The van der Waals surface area contributed by atoms with Crippen LogP contribution in [-0.2, 0) is 0 Å². The third-order valence-electron chi connectivity index (χ3n) is 6.52. The molecule has 0 amide bonds. The van der Waals surface area contributed by atoms with Crippen molar-refractivity contribution in [1.82, 2.24) is 0 Å². The van der Waals surface area contributed by atoms with Gasteiger partial charge >= 0.3 is 0 Å². The number of thiophene rings is 1. The first-order valence-corrected chi connectivity index (χ1v) is 12.3. The average molecular weight is 453 g/mol. The van der Waals surface area contributed by atoms with Gasteiger partial charge in [0.25, 0.3) is 0 Å². The third-order valence-corrected chi connectivity index (χ3v) is 7.71. The van der Waals surface area contributed by atoms with Crippen LogP contribution in [0, 0.1) is 0 Å². The lowest BCUT2D eigenvalue weighted by atomic mass is 9.93. The van der Waals surface area contributed by atoms with Gasteiger partial charge < -0.3 is 4.74 Å². The van der Waals surface area contributed by atoms with Gasteiger partial charge in [0.2, 0.25) is 0 Å². The monoisotopic (exact) mass is 452 g/mol. The van der Waals surface area contributed by atoms with Crippen LogP contribution in [0.5, 0.6) is 11.5 Å². The lowest BCUT2D eigenvalue weighted by molar-refractivity contribution is 0.487. The lowest BCUT2D eigenvalue weighted by Crippen LogP contribution is -1.97. The zero-order valence-electron chi connectivity index (χ0n) is 18.4. The molecule has 6 aromatic rings. The molecule has 0 saturated carbocycles. The highest BCUT2D eigenvalue weighted by molar-refractivity contribution is 7.18. The van der Waals surface area contributed by atoms with Crippen LogP contribution in [0.15, 0.2) is 121 Å². The molecule has 34 heavy (non-hydrogen) atoms. The van der Waals surface area contributed by atoms with E-state index in [0.717, 1.165) is 17.1 Å². The van der Waals surface area contributed by atoms with E-state index in [4.69, 9.17) is 4.74 Å². The molecule has 1 aliphatic heterocycles. The van der Waals surface area contributed by atoms with E-state index < -0.39 is 0 Å². The van der Waals surface area contributed by atoms with Crippen LogP contribution in [0.1, 0.15) is 0 Å². The summed E-state index contributed by atoms with van der Waals surface area (Å²) >= 11 is 1.83. The fourth-order valence-electron chi connectivity index (χ4n) is 4.82. The molecular weight excluding hydrogens is 432 g/mol. The summed E-state index contributed by atoms with van der Waals surface area (Å²) in [6.45, 7) is 0. The Labute approximate surface area is 202 Å². The fraction of sp³-hybridized carbons (Fsp3) is 0. The zero-order valence-corrected chi connectivity index (χ0v) is 19.2. The molecule has 1 nitrogen and oxygen atoms in total. The quantitative estimate of drug-likeness (QED) is 0.259. The van der Waals surface area contributed by atoms with E-state index in [-0.39, 0.29) is 0 Å². The van der Waals surface area contributed by atoms with Crippen molar-refractivity contribution >= 4 is 22.1 Å². The molecule has 0 atom stereocenters. The second kappa shape index (κ2) is 7.72. The van der Waals surface area contributed by atoms with E-state index in [2.05, 4.69) is 121 Å². The van der Waals surface area contributed by atoms with Crippen molar-refractivity contribution in [2.45, 2.75) is 0 Å². The van der Waals surface area contributed by atoms with E-state index >= 15 is 0 Å². The molecule has 1 aromatic heterocycles. The Morgan fingerprint density at radius 3 is 1.94 bits per heavy atom. The Morgan fingerprint density at radius 1 is 0.441 bits per heavy atom. The molecule has 0 bridgehead atoms. The summed E-state index contributed by atoms with van der Waals surface area (Å²) in [6.07, 6.45) is 0. The number of hydrogen-bond acceptors (Lipinski definition) is 2. The maximum Gasteiger partial charge on any atom is 0.135 e. The van der Waals surface area contributed by atoms with Crippen LogP contribution >= 0.6 is 11.3 Å². The van der Waals surface area contributed by atoms with Gasteiger partial charge in [-0.15, -0.1) is 11.3 Å². The molecule has 0 radical (unpaired) electrons. The van der Waals surface area contributed by atoms with Crippen LogP contribution in [0.4, 0.5) is 0 Å². The maximum atomic E-state index is 6.27. The van der Waals surface area contributed by atoms with Gasteiger partial charge in [-0.25, -0.2) is 0 Å². The molecule has 160 valence electrons. The highest BCUT2D eigenvalue weighted by Crippen LogP contribution is 2.48. The standard InChI is InChI=1S/C32H20OS/c1-2-6-21(7-3-1)22-12-14-23(15-13-22)30-18-19-31(34-30)25-16-17-28-27(20-25)26-10-4-8-24-9-5-11-29(33-28)32(24)26/h1-20H. The molecule has 2 heteroatoms. The van der Waals surface area contributed by atoms with Crippen molar-refractivity contribution in [3.8, 4) is 54.6 Å². The van der Waals surface area contributed by atoms with Crippen molar-refractivity contribution < 1.29 is 4.74 Å². The Balaban J connectivity index is 1.25. The van der Waals surface area contributed by atoms with Crippen LogP contribution in [0.2, 0.25) is 0 Å². The fourth-order valence-corrected chi connectivity index (χ4v) is 5.83. The Hall–Kier alpha value is -4.14. The number of benzene rings is 5. The van der Waals surface area contributed by atoms with Gasteiger partial charge in [0.15, 0.2) is 0 Å². The van der Waals surface area contributed by atoms with E-state index in [9.17, 15) is 0 Å². The smallest absolute Gasteiger partial charge is 0.135 e. The molecular formula is C32H20OS. The van der Waals surface area contributed by atoms with E-state index in [1.807, 2.05) is 11.3 Å². The summed E-state index contributed by atoms with van der Waals surface area (Å²) in [5, 5.41) is 2.41. The summed E-state index contributed by atoms with van der Waals surface area (Å²) in [6, 6.07) is 43.1. The molecule has 0 N–H and O–H groups in total. The van der Waals surface area contributed by atoms with Crippen molar-refractivity contribution in [2.75, 3.05) is 0 Å². The van der Waals surface area contributed by atoms with Gasteiger partial charge in [-0.3, -0.25) is 0 Å². The van der Waals surface area contributed by atoms with Gasteiger partial charge in [0.1, 0.15) is 11.5 Å². The van der Waals surface area contributed by atoms with Crippen molar-refractivity contribution in [1.29, 1.82) is 0 Å². The summed E-state index contributed by atoms with van der Waals surface area (Å²) in [7, 11) is 0. The van der Waals surface area contributed by atoms with Crippen molar-refractivity contribution in [3.05, 3.63) is 121 Å². The highest BCUT2D eigenvalue weighted by Gasteiger charge is 2.20. The third kappa shape index (κ3) is 3.15. The Kier molecular flexibility index (Phi) is 4.39. The maximum absolute atomic E-state index is 6.27. The second-order valence-electron chi connectivity index (χ2n) is 8.58. The van der Waals surface area contributed by atoms with Crippen LogP contribution in [0.25, 0.3) is 53.9 Å². The number of rotatable bonds is 3. The van der Waals surface area contributed by atoms with Crippen LogP contribution in [0.3, 0.4) is 0 Å².